The van der Waals surface area contributed by atoms with Gasteiger partial charge in [-0.25, -0.2) is 4.79 Å². The molecule has 1 aliphatic rings. The van der Waals surface area contributed by atoms with Gasteiger partial charge in [0.15, 0.2) is 0 Å². The van der Waals surface area contributed by atoms with Crippen molar-refractivity contribution in [2.45, 2.75) is 26.3 Å². The van der Waals surface area contributed by atoms with Gasteiger partial charge < -0.3 is 9.52 Å². The molecule has 1 N–H and O–H groups in total. The van der Waals surface area contributed by atoms with Gasteiger partial charge in [-0.2, -0.15) is 0 Å². The maximum Gasteiger partial charge on any atom is 0.371 e. The van der Waals surface area contributed by atoms with E-state index in [1.165, 1.54) is 18.9 Å². The van der Waals surface area contributed by atoms with Crippen LogP contribution >= 0.6 is 0 Å². The molecule has 1 aromatic heterocycles. The average molecular weight is 223 g/mol. The fourth-order valence-corrected chi connectivity index (χ4v) is 1.77. The molecule has 0 aliphatic heterocycles. The summed E-state index contributed by atoms with van der Waals surface area (Å²) < 4.78 is 5.24. The summed E-state index contributed by atoms with van der Waals surface area (Å²) >= 11 is 0. The number of carboxylic acids is 1. The highest BCUT2D eigenvalue weighted by atomic mass is 16.4. The molecule has 0 spiro atoms. The Morgan fingerprint density at radius 1 is 1.56 bits per heavy atom. The summed E-state index contributed by atoms with van der Waals surface area (Å²) in [5, 5.41) is 8.74. The highest BCUT2D eigenvalue weighted by Crippen LogP contribution is 2.30. The van der Waals surface area contributed by atoms with Gasteiger partial charge in [0.05, 0.1) is 6.54 Å². The third kappa shape index (κ3) is 2.85. The Balaban J connectivity index is 1.92. The number of furan rings is 1. The number of rotatable bonds is 6. The van der Waals surface area contributed by atoms with Crippen LogP contribution in [0.1, 0.15) is 36.1 Å². The molecule has 0 amide bonds. The molecule has 0 unspecified atom stereocenters. The second-order valence-corrected chi connectivity index (χ2v) is 4.34. The van der Waals surface area contributed by atoms with Gasteiger partial charge in [0.2, 0.25) is 5.76 Å². The summed E-state index contributed by atoms with van der Waals surface area (Å²) in [6, 6.07) is 3.27. The molecule has 4 heteroatoms. The van der Waals surface area contributed by atoms with E-state index in [0.717, 1.165) is 24.8 Å². The summed E-state index contributed by atoms with van der Waals surface area (Å²) in [6.07, 6.45) is 2.66. The van der Waals surface area contributed by atoms with Gasteiger partial charge in [-0.1, -0.05) is 6.92 Å². The number of aromatic carboxylic acids is 1. The lowest BCUT2D eigenvalue weighted by Gasteiger charge is -2.18. The van der Waals surface area contributed by atoms with Crippen molar-refractivity contribution in [1.82, 2.24) is 4.90 Å². The largest absolute Gasteiger partial charge is 0.475 e. The van der Waals surface area contributed by atoms with Crippen LogP contribution in [0.15, 0.2) is 16.5 Å². The van der Waals surface area contributed by atoms with Crippen LogP contribution in [0.25, 0.3) is 0 Å². The van der Waals surface area contributed by atoms with Crippen molar-refractivity contribution in [1.29, 1.82) is 0 Å². The third-order valence-electron chi connectivity index (χ3n) is 2.91. The quantitative estimate of drug-likeness (QED) is 0.803. The van der Waals surface area contributed by atoms with E-state index in [4.69, 9.17) is 9.52 Å². The van der Waals surface area contributed by atoms with Gasteiger partial charge >= 0.3 is 5.97 Å². The van der Waals surface area contributed by atoms with Crippen molar-refractivity contribution in [2.75, 3.05) is 13.1 Å². The summed E-state index contributed by atoms with van der Waals surface area (Å²) in [6.45, 7) is 4.89. The fraction of sp³-hybridized carbons (Fsp3) is 0.583. The number of hydrogen-bond acceptors (Lipinski definition) is 3. The van der Waals surface area contributed by atoms with Crippen LogP contribution in [0.5, 0.6) is 0 Å². The smallest absolute Gasteiger partial charge is 0.371 e. The Bertz CT molecular complexity index is 368. The Kier molecular flexibility index (Phi) is 3.29. The zero-order valence-corrected chi connectivity index (χ0v) is 9.48. The molecule has 0 bridgehead atoms. The third-order valence-corrected chi connectivity index (χ3v) is 2.91. The predicted octanol–water partition coefficient (Wildman–Crippen LogP) is 2.21. The molecular weight excluding hydrogens is 206 g/mol. The second kappa shape index (κ2) is 4.70. The Labute approximate surface area is 94.9 Å². The van der Waals surface area contributed by atoms with E-state index in [2.05, 4.69) is 11.8 Å². The van der Waals surface area contributed by atoms with Crippen molar-refractivity contribution in [2.24, 2.45) is 5.92 Å². The predicted molar refractivity (Wildman–Crippen MR) is 59.3 cm³/mol. The Morgan fingerprint density at radius 3 is 2.81 bits per heavy atom. The van der Waals surface area contributed by atoms with Crippen molar-refractivity contribution >= 4 is 5.97 Å². The molecule has 88 valence electrons. The molecule has 4 nitrogen and oxygen atoms in total. The Hall–Kier alpha value is -1.29. The minimum absolute atomic E-state index is 0.0254. The fourth-order valence-electron chi connectivity index (χ4n) is 1.77. The van der Waals surface area contributed by atoms with Gasteiger partial charge in [0, 0.05) is 6.54 Å². The van der Waals surface area contributed by atoms with Crippen LogP contribution in [-0.4, -0.2) is 29.1 Å². The van der Waals surface area contributed by atoms with Crippen LogP contribution < -0.4 is 0 Å². The summed E-state index contributed by atoms with van der Waals surface area (Å²) in [5.41, 5.74) is 0. The second-order valence-electron chi connectivity index (χ2n) is 4.34. The van der Waals surface area contributed by atoms with Crippen molar-refractivity contribution in [3.8, 4) is 0 Å². The molecular formula is C12H17NO3. The lowest BCUT2D eigenvalue weighted by molar-refractivity contribution is 0.0658. The van der Waals surface area contributed by atoms with Gasteiger partial charge in [-0.3, -0.25) is 4.90 Å². The summed E-state index contributed by atoms with van der Waals surface area (Å²) in [4.78, 5) is 12.9. The van der Waals surface area contributed by atoms with Gasteiger partial charge in [-0.15, -0.1) is 0 Å². The summed E-state index contributed by atoms with van der Waals surface area (Å²) in [5.74, 6) is 0.600. The zero-order valence-electron chi connectivity index (χ0n) is 9.48. The lowest BCUT2D eigenvalue weighted by Crippen LogP contribution is -2.24. The molecule has 1 fully saturated rings. The lowest BCUT2D eigenvalue weighted by atomic mass is 10.3. The molecule has 1 aliphatic carbocycles. The van der Waals surface area contributed by atoms with E-state index in [0.29, 0.717) is 6.54 Å². The maximum absolute atomic E-state index is 10.7. The molecule has 1 heterocycles. The highest BCUT2D eigenvalue weighted by Gasteiger charge is 2.24. The molecule has 1 aromatic rings. The van der Waals surface area contributed by atoms with Crippen LogP contribution in [0.2, 0.25) is 0 Å². The molecule has 0 aromatic carbocycles. The van der Waals surface area contributed by atoms with E-state index >= 15 is 0 Å². The highest BCUT2D eigenvalue weighted by molar-refractivity contribution is 5.84. The zero-order chi connectivity index (χ0) is 11.5. The van der Waals surface area contributed by atoms with Crippen LogP contribution in [0, 0.1) is 5.92 Å². The molecule has 16 heavy (non-hydrogen) atoms. The van der Waals surface area contributed by atoms with Crippen molar-refractivity contribution < 1.29 is 14.3 Å². The van der Waals surface area contributed by atoms with E-state index in [9.17, 15) is 4.79 Å². The van der Waals surface area contributed by atoms with E-state index in [1.807, 2.05) is 0 Å². The molecule has 0 radical (unpaired) electrons. The van der Waals surface area contributed by atoms with Crippen LogP contribution in [-0.2, 0) is 6.54 Å². The number of carboxylic acid groups (broad SMARTS) is 1. The van der Waals surface area contributed by atoms with Gasteiger partial charge in [-0.05, 0) is 37.4 Å². The van der Waals surface area contributed by atoms with E-state index in [-0.39, 0.29) is 5.76 Å². The first-order chi connectivity index (χ1) is 7.69. The molecule has 1 saturated carbocycles. The average Bonchev–Trinajstić information content (AvgIpc) is 2.93. The molecule has 2 rings (SSSR count). The minimum Gasteiger partial charge on any atom is -0.475 e. The monoisotopic (exact) mass is 223 g/mol. The van der Waals surface area contributed by atoms with E-state index in [1.54, 1.807) is 6.07 Å². The van der Waals surface area contributed by atoms with Crippen LogP contribution in [0.4, 0.5) is 0 Å². The van der Waals surface area contributed by atoms with Gasteiger partial charge in [0.25, 0.3) is 0 Å². The number of carbonyl (C=O) groups is 1. The normalized spacial score (nSPS) is 15.6. The number of nitrogens with zero attached hydrogens (tertiary/aromatic N) is 1. The SMILES string of the molecule is CCN(Cc1ccc(C(=O)O)o1)CC1CC1. The molecule has 0 atom stereocenters. The van der Waals surface area contributed by atoms with Gasteiger partial charge in [0.1, 0.15) is 5.76 Å². The van der Waals surface area contributed by atoms with Crippen LogP contribution in [0.3, 0.4) is 0 Å². The molecule has 0 saturated heterocycles. The van der Waals surface area contributed by atoms with Crippen molar-refractivity contribution in [3.05, 3.63) is 23.7 Å². The van der Waals surface area contributed by atoms with Crippen molar-refractivity contribution in [3.63, 3.8) is 0 Å². The first-order valence-corrected chi connectivity index (χ1v) is 5.73. The maximum atomic E-state index is 10.7. The first-order valence-electron chi connectivity index (χ1n) is 5.73. The number of hydrogen-bond donors (Lipinski definition) is 1. The summed E-state index contributed by atoms with van der Waals surface area (Å²) in [7, 11) is 0. The Morgan fingerprint density at radius 2 is 2.31 bits per heavy atom. The first kappa shape index (κ1) is 11.2. The van der Waals surface area contributed by atoms with E-state index < -0.39 is 5.97 Å². The topological polar surface area (TPSA) is 53.7 Å². The standard InChI is InChI=1S/C12H17NO3/c1-2-13(7-9-3-4-9)8-10-5-6-11(16-10)12(14)15/h5-6,9H,2-4,7-8H2,1H3,(H,14,15). The minimum atomic E-state index is -1.00.